The molecule has 0 aliphatic heterocycles. The molecule has 3 nitrogen and oxygen atoms in total. The van der Waals surface area contributed by atoms with E-state index in [2.05, 4.69) is 26.2 Å². The lowest BCUT2D eigenvalue weighted by atomic mass is 10.4. The smallest absolute Gasteiger partial charge is 0.234 e. The predicted octanol–water partition coefficient (Wildman–Crippen LogP) is 4.23. The summed E-state index contributed by atoms with van der Waals surface area (Å²) in [5, 5.41) is 3.02. The van der Waals surface area contributed by atoms with Crippen molar-refractivity contribution in [3.05, 3.63) is 52.2 Å². The van der Waals surface area contributed by atoms with Gasteiger partial charge < -0.3 is 5.32 Å². The lowest BCUT2D eigenvalue weighted by molar-refractivity contribution is -0.113. The zero-order valence-electron chi connectivity index (χ0n) is 9.77. The van der Waals surface area contributed by atoms with E-state index < -0.39 is 0 Å². The zero-order valence-corrected chi connectivity index (χ0v) is 12.9. The van der Waals surface area contributed by atoms with Gasteiger partial charge in [0, 0.05) is 15.6 Å². The van der Waals surface area contributed by atoms with Gasteiger partial charge in [0.15, 0.2) is 5.15 Å². The Labute approximate surface area is 128 Å². The molecule has 0 fully saturated rings. The number of nitrogens with one attached hydrogen (secondary N) is 1. The van der Waals surface area contributed by atoms with Crippen molar-refractivity contribution in [2.24, 2.45) is 0 Å². The maximum absolute atomic E-state index is 11.8. The molecule has 98 valence electrons. The largest absolute Gasteiger partial charge is 0.323 e. The van der Waals surface area contributed by atoms with Gasteiger partial charge in [-0.3, -0.25) is 4.79 Å². The fraction of sp³-hybridized carbons (Fsp3) is 0.0769. The fourth-order valence-electron chi connectivity index (χ4n) is 1.37. The molecule has 0 radical (unpaired) electrons. The van der Waals surface area contributed by atoms with Crippen LogP contribution < -0.4 is 5.32 Å². The number of aromatic nitrogens is 1. The van der Waals surface area contributed by atoms with E-state index in [0.29, 0.717) is 16.6 Å². The van der Waals surface area contributed by atoms with Gasteiger partial charge in [0.05, 0.1) is 11.4 Å². The molecule has 1 aromatic carbocycles. The van der Waals surface area contributed by atoms with Gasteiger partial charge in [0.1, 0.15) is 0 Å². The number of carbonyl (C=O) groups excluding carboxylic acids is 1. The van der Waals surface area contributed by atoms with Crippen LogP contribution in [0.3, 0.4) is 0 Å². The van der Waals surface area contributed by atoms with E-state index >= 15 is 0 Å². The third-order valence-electron chi connectivity index (χ3n) is 2.23. The quantitative estimate of drug-likeness (QED) is 0.658. The van der Waals surface area contributed by atoms with Crippen LogP contribution in [0.4, 0.5) is 5.69 Å². The maximum atomic E-state index is 11.8. The minimum atomic E-state index is -0.115. The highest BCUT2D eigenvalue weighted by atomic mass is 79.9. The molecule has 0 saturated carbocycles. The minimum Gasteiger partial charge on any atom is -0.323 e. The van der Waals surface area contributed by atoms with Crippen molar-refractivity contribution in [2.75, 3.05) is 11.1 Å². The van der Waals surface area contributed by atoms with Crippen LogP contribution in [0.25, 0.3) is 0 Å². The second kappa shape index (κ2) is 6.93. The summed E-state index contributed by atoms with van der Waals surface area (Å²) in [5.74, 6) is 0.198. The van der Waals surface area contributed by atoms with E-state index in [1.54, 1.807) is 18.3 Å². The van der Waals surface area contributed by atoms with Crippen LogP contribution >= 0.6 is 39.3 Å². The highest BCUT2D eigenvalue weighted by Gasteiger charge is 2.07. The number of benzene rings is 1. The third-order valence-corrected chi connectivity index (χ3v) is 4.56. The lowest BCUT2D eigenvalue weighted by Crippen LogP contribution is -2.14. The third kappa shape index (κ3) is 4.23. The van der Waals surface area contributed by atoms with Crippen molar-refractivity contribution < 1.29 is 4.79 Å². The van der Waals surface area contributed by atoms with Gasteiger partial charge in [-0.1, -0.05) is 23.7 Å². The van der Waals surface area contributed by atoms with Crippen molar-refractivity contribution in [1.29, 1.82) is 0 Å². The zero-order chi connectivity index (χ0) is 13.7. The Balaban J connectivity index is 1.92. The summed E-state index contributed by atoms with van der Waals surface area (Å²) in [5.41, 5.74) is 0.530. The van der Waals surface area contributed by atoms with Crippen LogP contribution in [-0.4, -0.2) is 16.6 Å². The van der Waals surface area contributed by atoms with Gasteiger partial charge in [0.2, 0.25) is 5.91 Å². The monoisotopic (exact) mass is 356 g/mol. The topological polar surface area (TPSA) is 42.0 Å². The normalized spacial score (nSPS) is 10.2. The summed E-state index contributed by atoms with van der Waals surface area (Å²) < 4.78 is 0.979. The van der Waals surface area contributed by atoms with Crippen LogP contribution in [0.5, 0.6) is 0 Å². The number of hydrogen-bond acceptors (Lipinski definition) is 3. The number of hydrogen-bond donors (Lipinski definition) is 1. The van der Waals surface area contributed by atoms with Crippen molar-refractivity contribution >= 4 is 50.9 Å². The molecule has 2 rings (SSSR count). The van der Waals surface area contributed by atoms with Crippen molar-refractivity contribution in [3.8, 4) is 0 Å². The number of pyridine rings is 1. The Morgan fingerprint density at radius 1 is 1.32 bits per heavy atom. The molecule has 1 N–H and O–H groups in total. The van der Waals surface area contributed by atoms with E-state index in [4.69, 9.17) is 11.6 Å². The number of rotatable bonds is 4. The molecule has 1 amide bonds. The summed E-state index contributed by atoms with van der Waals surface area (Å²) in [7, 11) is 0. The Kier molecular flexibility index (Phi) is 5.24. The van der Waals surface area contributed by atoms with Crippen LogP contribution in [0.2, 0.25) is 5.15 Å². The Hall–Kier alpha value is -1.04. The van der Waals surface area contributed by atoms with Gasteiger partial charge in [-0.05, 0) is 40.2 Å². The molecule has 0 bridgehead atoms. The summed E-state index contributed by atoms with van der Waals surface area (Å²) >= 11 is 10.8. The molecular formula is C13H10BrClN2OS. The number of carbonyl (C=O) groups is 1. The molecule has 1 aromatic heterocycles. The van der Waals surface area contributed by atoms with E-state index in [9.17, 15) is 4.79 Å². The predicted molar refractivity (Wildman–Crippen MR) is 82.7 cm³/mol. The van der Waals surface area contributed by atoms with E-state index in [1.165, 1.54) is 11.8 Å². The second-order valence-corrected chi connectivity index (χ2v) is 5.84. The van der Waals surface area contributed by atoms with Crippen LogP contribution in [0.1, 0.15) is 0 Å². The van der Waals surface area contributed by atoms with Gasteiger partial charge in [-0.2, -0.15) is 0 Å². The van der Waals surface area contributed by atoms with E-state index in [-0.39, 0.29) is 5.91 Å². The molecule has 0 unspecified atom stereocenters. The molecule has 19 heavy (non-hydrogen) atoms. The van der Waals surface area contributed by atoms with Crippen molar-refractivity contribution in [2.45, 2.75) is 4.90 Å². The average Bonchev–Trinajstić information content (AvgIpc) is 2.40. The van der Waals surface area contributed by atoms with Crippen LogP contribution in [0.15, 0.2) is 52.0 Å². The Morgan fingerprint density at radius 3 is 2.84 bits per heavy atom. The van der Waals surface area contributed by atoms with Crippen molar-refractivity contribution in [1.82, 2.24) is 4.98 Å². The first-order chi connectivity index (χ1) is 9.16. The minimum absolute atomic E-state index is 0.115. The standard InChI is InChI=1S/C13H10BrClN2OS/c14-9-4-1-2-6-11(9)19-8-12(18)17-10-5-3-7-16-13(10)15/h1-7H,8H2,(H,17,18). The molecular weight excluding hydrogens is 348 g/mol. The molecule has 0 aliphatic rings. The molecule has 0 spiro atoms. The molecule has 0 saturated heterocycles. The average molecular weight is 358 g/mol. The number of amides is 1. The number of nitrogens with zero attached hydrogens (tertiary/aromatic N) is 1. The number of anilines is 1. The first-order valence-corrected chi connectivity index (χ1v) is 7.60. The first-order valence-electron chi connectivity index (χ1n) is 5.44. The summed E-state index contributed by atoms with van der Waals surface area (Å²) in [4.78, 5) is 16.7. The Bertz CT molecular complexity index is 594. The molecule has 1 heterocycles. The molecule has 2 aromatic rings. The SMILES string of the molecule is O=C(CSc1ccccc1Br)Nc1cccnc1Cl. The molecule has 0 atom stereocenters. The summed E-state index contributed by atoms with van der Waals surface area (Å²) in [6.07, 6.45) is 1.58. The highest BCUT2D eigenvalue weighted by Crippen LogP contribution is 2.27. The van der Waals surface area contributed by atoms with Gasteiger partial charge in [-0.15, -0.1) is 11.8 Å². The molecule has 6 heteroatoms. The number of halogens is 2. The summed E-state index contributed by atoms with van der Waals surface area (Å²) in [6, 6.07) is 11.2. The van der Waals surface area contributed by atoms with Gasteiger partial charge in [-0.25, -0.2) is 4.98 Å². The fourth-order valence-corrected chi connectivity index (χ4v) is 2.90. The van der Waals surface area contributed by atoms with Gasteiger partial charge in [0.25, 0.3) is 0 Å². The lowest BCUT2D eigenvalue weighted by Gasteiger charge is -2.07. The second-order valence-electron chi connectivity index (χ2n) is 3.61. The Morgan fingerprint density at radius 2 is 2.11 bits per heavy atom. The molecule has 0 aliphatic carbocycles. The van der Waals surface area contributed by atoms with Gasteiger partial charge >= 0.3 is 0 Å². The number of thioether (sulfide) groups is 1. The first kappa shape index (κ1) is 14.4. The van der Waals surface area contributed by atoms with Crippen LogP contribution in [-0.2, 0) is 4.79 Å². The summed E-state index contributed by atoms with van der Waals surface area (Å²) in [6.45, 7) is 0. The maximum Gasteiger partial charge on any atom is 0.234 e. The van der Waals surface area contributed by atoms with Crippen LogP contribution in [0, 0.1) is 0 Å². The van der Waals surface area contributed by atoms with Crippen molar-refractivity contribution in [3.63, 3.8) is 0 Å². The van der Waals surface area contributed by atoms with E-state index in [0.717, 1.165) is 9.37 Å². The van der Waals surface area contributed by atoms with E-state index in [1.807, 2.05) is 24.3 Å². The highest BCUT2D eigenvalue weighted by molar-refractivity contribution is 9.10.